The van der Waals surface area contributed by atoms with Crippen molar-refractivity contribution in [2.45, 2.75) is 63.7 Å². The van der Waals surface area contributed by atoms with E-state index in [1.807, 2.05) is 5.32 Å². The molecule has 0 saturated heterocycles. The Morgan fingerprint density at radius 1 is 1.00 bits per heavy atom. The minimum atomic E-state index is -1.81. The number of nitrogens with one attached hydrogen (secondary N) is 4. The van der Waals surface area contributed by atoms with Crippen molar-refractivity contribution in [1.82, 2.24) is 25.9 Å². The molecule has 15 nitrogen and oxygen atoms in total. The number of carboxylic acid groups (broad SMARTS) is 2. The number of carbonyl (C=O) groups excluding carboxylic acids is 4. The van der Waals surface area contributed by atoms with Gasteiger partial charge in [-0.2, -0.15) is 0 Å². The summed E-state index contributed by atoms with van der Waals surface area (Å²) in [7, 11) is 0. The van der Waals surface area contributed by atoms with Gasteiger partial charge in [0.25, 0.3) is 0 Å². The van der Waals surface area contributed by atoms with Crippen molar-refractivity contribution in [2.75, 3.05) is 0 Å². The van der Waals surface area contributed by atoms with Crippen LogP contribution in [0.4, 0.5) is 0 Å². The van der Waals surface area contributed by atoms with E-state index < -0.39 is 78.5 Å². The van der Waals surface area contributed by atoms with Gasteiger partial charge in [-0.15, -0.1) is 0 Å². The van der Waals surface area contributed by atoms with Crippen LogP contribution in [-0.2, 0) is 35.2 Å². The highest BCUT2D eigenvalue weighted by atomic mass is 16.4. The average Bonchev–Trinajstić information content (AvgIpc) is 3.27. The fourth-order valence-corrected chi connectivity index (χ4v) is 3.01. The van der Waals surface area contributed by atoms with Gasteiger partial charge in [-0.1, -0.05) is 20.3 Å². The number of primary amides is 1. The number of aliphatic carboxylic acids is 2. The second-order valence-corrected chi connectivity index (χ2v) is 7.99. The van der Waals surface area contributed by atoms with E-state index in [2.05, 4.69) is 20.6 Å². The first-order chi connectivity index (χ1) is 16.3. The number of amides is 4. The second kappa shape index (κ2) is 13.6. The van der Waals surface area contributed by atoms with Gasteiger partial charge < -0.3 is 42.6 Å². The summed E-state index contributed by atoms with van der Waals surface area (Å²) in [6.07, 6.45) is 1.85. The lowest BCUT2D eigenvalue weighted by molar-refractivity contribution is -0.147. The minimum absolute atomic E-state index is 0.119. The molecule has 194 valence electrons. The van der Waals surface area contributed by atoms with E-state index in [9.17, 15) is 28.8 Å². The third-order valence-corrected chi connectivity index (χ3v) is 5.16. The Kier molecular flexibility index (Phi) is 11.3. The predicted molar refractivity (Wildman–Crippen MR) is 119 cm³/mol. The molecule has 1 aromatic rings. The fourth-order valence-electron chi connectivity index (χ4n) is 3.01. The molecule has 0 bridgehead atoms. The van der Waals surface area contributed by atoms with Crippen LogP contribution < -0.4 is 27.4 Å². The maximum atomic E-state index is 13.0. The molecule has 0 spiro atoms. The van der Waals surface area contributed by atoms with Crippen molar-refractivity contribution in [3.63, 3.8) is 0 Å². The molecular weight excluding hydrogens is 466 g/mol. The van der Waals surface area contributed by atoms with Crippen molar-refractivity contribution in [1.29, 1.82) is 0 Å². The molecule has 0 aliphatic rings. The number of imidazole rings is 1. The molecule has 0 aromatic carbocycles. The molecule has 1 rings (SSSR count). The molecule has 0 saturated carbocycles. The molecule has 35 heavy (non-hydrogen) atoms. The summed E-state index contributed by atoms with van der Waals surface area (Å²) in [6.45, 7) is 3.43. The Hall–Kier alpha value is -4.01. The summed E-state index contributed by atoms with van der Waals surface area (Å²) >= 11 is 0. The van der Waals surface area contributed by atoms with E-state index in [4.69, 9.17) is 21.7 Å². The third-order valence-electron chi connectivity index (χ3n) is 5.16. The van der Waals surface area contributed by atoms with Crippen molar-refractivity contribution in [2.24, 2.45) is 17.4 Å². The highest BCUT2D eigenvalue weighted by Gasteiger charge is 2.33. The van der Waals surface area contributed by atoms with Gasteiger partial charge in [-0.3, -0.25) is 24.0 Å². The minimum Gasteiger partial charge on any atom is -0.481 e. The van der Waals surface area contributed by atoms with Gasteiger partial charge in [0.05, 0.1) is 25.2 Å². The molecule has 4 amide bonds. The quantitative estimate of drug-likeness (QED) is 0.123. The summed E-state index contributed by atoms with van der Waals surface area (Å²) in [5.74, 6) is -7.14. The van der Waals surface area contributed by atoms with Crippen LogP contribution in [0.25, 0.3) is 0 Å². The van der Waals surface area contributed by atoms with E-state index in [1.165, 1.54) is 12.5 Å². The number of hydrogen-bond donors (Lipinski definition) is 8. The SMILES string of the molecule is CCC(C)C(NC(=O)C(N)Cc1cnc[nH]1)C(=O)NC(CC(N)=O)C(=O)NC(CC(=O)O)C(=O)O. The van der Waals surface area contributed by atoms with Crippen LogP contribution in [0.5, 0.6) is 0 Å². The Morgan fingerprint density at radius 3 is 2.11 bits per heavy atom. The van der Waals surface area contributed by atoms with Gasteiger partial charge in [0, 0.05) is 18.3 Å². The first-order valence-electron chi connectivity index (χ1n) is 10.7. The molecule has 10 N–H and O–H groups in total. The maximum absolute atomic E-state index is 13.0. The number of nitrogens with zero attached hydrogens (tertiary/aromatic N) is 1. The lowest BCUT2D eigenvalue weighted by Crippen LogP contribution is -2.59. The number of aromatic nitrogens is 2. The molecular formula is C20H31N7O8. The normalized spacial score (nSPS) is 15.1. The van der Waals surface area contributed by atoms with E-state index in [0.29, 0.717) is 12.1 Å². The van der Waals surface area contributed by atoms with Crippen LogP contribution in [0.15, 0.2) is 12.5 Å². The molecule has 5 atom stereocenters. The zero-order valence-electron chi connectivity index (χ0n) is 19.3. The number of carbonyl (C=O) groups is 6. The van der Waals surface area contributed by atoms with Gasteiger partial charge in [0.2, 0.25) is 23.6 Å². The van der Waals surface area contributed by atoms with Crippen molar-refractivity contribution < 1.29 is 39.0 Å². The molecule has 1 aromatic heterocycles. The molecule has 5 unspecified atom stereocenters. The molecule has 0 radical (unpaired) electrons. The van der Waals surface area contributed by atoms with Crippen molar-refractivity contribution in [3.05, 3.63) is 18.2 Å². The van der Waals surface area contributed by atoms with Gasteiger partial charge in [0.1, 0.15) is 18.1 Å². The number of aromatic amines is 1. The molecule has 0 fully saturated rings. The fraction of sp³-hybridized carbons (Fsp3) is 0.550. The molecule has 0 aliphatic carbocycles. The van der Waals surface area contributed by atoms with Crippen LogP contribution in [0, 0.1) is 5.92 Å². The number of H-pyrrole nitrogens is 1. The van der Waals surface area contributed by atoms with Crippen LogP contribution >= 0.6 is 0 Å². The summed E-state index contributed by atoms with van der Waals surface area (Å²) in [4.78, 5) is 78.4. The number of hydrogen-bond acceptors (Lipinski definition) is 8. The summed E-state index contributed by atoms with van der Waals surface area (Å²) < 4.78 is 0. The molecule has 0 aliphatic heterocycles. The summed E-state index contributed by atoms with van der Waals surface area (Å²) in [5, 5.41) is 24.7. The van der Waals surface area contributed by atoms with Gasteiger partial charge in [-0.05, 0) is 5.92 Å². The van der Waals surface area contributed by atoms with E-state index in [1.54, 1.807) is 13.8 Å². The number of carboxylic acids is 2. The maximum Gasteiger partial charge on any atom is 0.326 e. The van der Waals surface area contributed by atoms with Gasteiger partial charge >= 0.3 is 11.9 Å². The molecule has 1 heterocycles. The highest BCUT2D eigenvalue weighted by molar-refractivity contribution is 5.96. The van der Waals surface area contributed by atoms with E-state index in [0.717, 1.165) is 0 Å². The highest BCUT2D eigenvalue weighted by Crippen LogP contribution is 2.10. The first-order valence-corrected chi connectivity index (χ1v) is 10.7. The summed E-state index contributed by atoms with van der Waals surface area (Å²) in [5.41, 5.74) is 11.7. The Bertz CT molecular complexity index is 921. The van der Waals surface area contributed by atoms with E-state index in [-0.39, 0.29) is 6.42 Å². The first kappa shape index (κ1) is 29.0. The van der Waals surface area contributed by atoms with Crippen LogP contribution in [0.3, 0.4) is 0 Å². The zero-order chi connectivity index (χ0) is 26.7. The predicted octanol–water partition coefficient (Wildman–Crippen LogP) is -2.79. The smallest absolute Gasteiger partial charge is 0.326 e. The summed E-state index contributed by atoms with van der Waals surface area (Å²) in [6, 6.07) is -5.60. The van der Waals surface area contributed by atoms with E-state index >= 15 is 0 Å². The number of rotatable bonds is 15. The average molecular weight is 498 g/mol. The van der Waals surface area contributed by atoms with Crippen molar-refractivity contribution >= 4 is 35.6 Å². The second-order valence-electron chi connectivity index (χ2n) is 7.99. The largest absolute Gasteiger partial charge is 0.481 e. The lowest BCUT2D eigenvalue weighted by atomic mass is 9.97. The van der Waals surface area contributed by atoms with Crippen molar-refractivity contribution in [3.8, 4) is 0 Å². The lowest BCUT2D eigenvalue weighted by Gasteiger charge is -2.27. The monoisotopic (exact) mass is 497 g/mol. The van der Waals surface area contributed by atoms with Crippen LogP contribution in [0.1, 0.15) is 38.8 Å². The Morgan fingerprint density at radius 2 is 1.63 bits per heavy atom. The Labute approximate surface area is 200 Å². The Balaban J connectivity index is 2.99. The number of nitrogens with two attached hydrogens (primary N) is 2. The third kappa shape index (κ3) is 9.79. The van der Waals surface area contributed by atoms with Crippen LogP contribution in [-0.4, -0.2) is 79.9 Å². The van der Waals surface area contributed by atoms with Crippen LogP contribution in [0.2, 0.25) is 0 Å². The standard InChI is InChI=1S/C20H31N7O8/c1-3-9(2)16(27-17(31)11(21)4-10-7-23-8-24-10)19(33)25-12(5-14(22)28)18(32)26-13(20(34)35)6-15(29)30/h7-9,11-13,16H,3-6,21H2,1-2H3,(H2,22,28)(H,23,24)(H,25,33)(H,26,32)(H,27,31)(H,29,30)(H,34,35). The van der Waals surface area contributed by atoms with Gasteiger partial charge in [0.15, 0.2) is 0 Å². The molecule has 15 heteroatoms. The topological polar surface area (TPSA) is 260 Å². The zero-order valence-corrected chi connectivity index (χ0v) is 19.3. The van der Waals surface area contributed by atoms with Gasteiger partial charge in [-0.25, -0.2) is 9.78 Å².